The van der Waals surface area contributed by atoms with Crippen LogP contribution in [0.15, 0.2) is 16.7 Å². The summed E-state index contributed by atoms with van der Waals surface area (Å²) >= 11 is 3.34. The summed E-state index contributed by atoms with van der Waals surface area (Å²) in [6, 6.07) is 1.94. The van der Waals surface area contributed by atoms with Crippen molar-refractivity contribution in [3.05, 3.63) is 22.3 Å². The maximum atomic E-state index is 11.5. The minimum absolute atomic E-state index is 0.0791. The molecule has 0 bridgehead atoms. The second-order valence-corrected chi connectivity index (χ2v) is 4.93. The van der Waals surface area contributed by atoms with Crippen molar-refractivity contribution in [2.45, 2.75) is 26.2 Å². The summed E-state index contributed by atoms with van der Waals surface area (Å²) in [5.74, 6) is 1.36. The summed E-state index contributed by atoms with van der Waals surface area (Å²) in [4.78, 5) is 15.7. The van der Waals surface area contributed by atoms with E-state index in [1.807, 2.05) is 13.0 Å². The van der Waals surface area contributed by atoms with E-state index in [9.17, 15) is 4.79 Å². The van der Waals surface area contributed by atoms with Gasteiger partial charge in [-0.15, -0.1) is 0 Å². The lowest BCUT2D eigenvalue weighted by molar-refractivity contribution is -0.116. The van der Waals surface area contributed by atoms with Crippen molar-refractivity contribution in [2.75, 3.05) is 5.32 Å². The van der Waals surface area contributed by atoms with E-state index in [-0.39, 0.29) is 5.91 Å². The zero-order valence-electron chi connectivity index (χ0n) is 8.59. The SMILES string of the molecule is Cc1cc(Br)cnc1NC(=O)CC1CC1. The number of aromatic nitrogens is 1. The van der Waals surface area contributed by atoms with Crippen molar-refractivity contribution >= 4 is 27.7 Å². The summed E-state index contributed by atoms with van der Waals surface area (Å²) in [6.45, 7) is 1.94. The molecule has 0 atom stereocenters. The van der Waals surface area contributed by atoms with E-state index in [0.717, 1.165) is 10.0 Å². The first kappa shape index (κ1) is 10.6. The number of rotatable bonds is 3. The molecule has 1 N–H and O–H groups in total. The van der Waals surface area contributed by atoms with Crippen molar-refractivity contribution in [1.29, 1.82) is 0 Å². The molecule has 15 heavy (non-hydrogen) atoms. The van der Waals surface area contributed by atoms with Gasteiger partial charge in [0.05, 0.1) is 0 Å². The normalized spacial score (nSPS) is 15.1. The van der Waals surface area contributed by atoms with Crippen LogP contribution >= 0.6 is 15.9 Å². The molecule has 0 aromatic carbocycles. The Morgan fingerprint density at radius 3 is 3.00 bits per heavy atom. The van der Waals surface area contributed by atoms with Crippen molar-refractivity contribution in [3.63, 3.8) is 0 Å². The van der Waals surface area contributed by atoms with E-state index >= 15 is 0 Å². The Bertz CT molecular complexity index is 388. The molecule has 2 rings (SSSR count). The quantitative estimate of drug-likeness (QED) is 0.916. The molecule has 1 heterocycles. The van der Waals surface area contributed by atoms with Gasteiger partial charge in [0.2, 0.25) is 5.91 Å². The molecule has 1 fully saturated rings. The van der Waals surface area contributed by atoms with E-state index in [2.05, 4.69) is 26.2 Å². The zero-order valence-corrected chi connectivity index (χ0v) is 10.2. The van der Waals surface area contributed by atoms with Gasteiger partial charge in [0.25, 0.3) is 0 Å². The van der Waals surface area contributed by atoms with Crippen LogP contribution in [-0.4, -0.2) is 10.9 Å². The van der Waals surface area contributed by atoms with Gasteiger partial charge in [0, 0.05) is 17.1 Å². The molecule has 1 aromatic heterocycles. The first-order valence-corrected chi connectivity index (χ1v) is 5.86. The molecule has 4 heteroatoms. The molecule has 1 amide bonds. The molecule has 1 aliphatic rings. The van der Waals surface area contributed by atoms with Gasteiger partial charge in [-0.3, -0.25) is 4.79 Å². The summed E-state index contributed by atoms with van der Waals surface area (Å²) in [7, 11) is 0. The largest absolute Gasteiger partial charge is 0.310 e. The number of hydrogen-bond acceptors (Lipinski definition) is 2. The van der Waals surface area contributed by atoms with Crippen LogP contribution in [0.4, 0.5) is 5.82 Å². The number of carbonyl (C=O) groups excluding carboxylic acids is 1. The number of anilines is 1. The van der Waals surface area contributed by atoms with Crippen molar-refractivity contribution in [1.82, 2.24) is 4.98 Å². The fraction of sp³-hybridized carbons (Fsp3) is 0.455. The lowest BCUT2D eigenvalue weighted by Crippen LogP contribution is -2.13. The third kappa shape index (κ3) is 3.02. The third-order valence-electron chi connectivity index (χ3n) is 2.47. The Morgan fingerprint density at radius 1 is 1.67 bits per heavy atom. The number of hydrogen-bond donors (Lipinski definition) is 1. The van der Waals surface area contributed by atoms with E-state index in [1.54, 1.807) is 6.20 Å². The molecular formula is C11H13BrN2O. The van der Waals surface area contributed by atoms with Crippen LogP contribution in [0.1, 0.15) is 24.8 Å². The predicted molar refractivity (Wildman–Crippen MR) is 62.6 cm³/mol. The second-order valence-electron chi connectivity index (χ2n) is 4.01. The Hall–Kier alpha value is -0.900. The highest BCUT2D eigenvalue weighted by molar-refractivity contribution is 9.10. The van der Waals surface area contributed by atoms with Crippen LogP contribution in [0.3, 0.4) is 0 Å². The number of halogens is 1. The van der Waals surface area contributed by atoms with E-state index < -0.39 is 0 Å². The van der Waals surface area contributed by atoms with Crippen LogP contribution in [0, 0.1) is 12.8 Å². The standard InChI is InChI=1S/C11H13BrN2O/c1-7-4-9(12)6-13-11(7)14-10(15)5-8-2-3-8/h4,6,8H,2-3,5H2,1H3,(H,13,14,15). The van der Waals surface area contributed by atoms with Gasteiger partial charge in [-0.25, -0.2) is 4.98 Å². The van der Waals surface area contributed by atoms with Crippen molar-refractivity contribution in [3.8, 4) is 0 Å². The summed E-state index contributed by atoms with van der Waals surface area (Å²) < 4.78 is 0.931. The lowest BCUT2D eigenvalue weighted by atomic mass is 10.2. The molecule has 0 radical (unpaired) electrons. The predicted octanol–water partition coefficient (Wildman–Crippen LogP) is 2.89. The van der Waals surface area contributed by atoms with Gasteiger partial charge in [-0.2, -0.15) is 0 Å². The van der Waals surface area contributed by atoms with Gasteiger partial charge in [0.15, 0.2) is 0 Å². The minimum atomic E-state index is 0.0791. The molecule has 80 valence electrons. The maximum Gasteiger partial charge on any atom is 0.225 e. The summed E-state index contributed by atoms with van der Waals surface area (Å²) in [6.07, 6.45) is 4.72. The van der Waals surface area contributed by atoms with Gasteiger partial charge < -0.3 is 5.32 Å². The van der Waals surface area contributed by atoms with Gasteiger partial charge in [-0.05, 0) is 53.2 Å². The molecule has 1 aliphatic carbocycles. The Labute approximate surface area is 97.4 Å². The number of pyridine rings is 1. The highest BCUT2D eigenvalue weighted by Gasteiger charge is 2.24. The molecule has 0 saturated heterocycles. The average Bonchev–Trinajstić information content (AvgIpc) is 2.94. The molecule has 1 aromatic rings. The molecular weight excluding hydrogens is 256 g/mol. The minimum Gasteiger partial charge on any atom is -0.310 e. The van der Waals surface area contributed by atoms with Gasteiger partial charge in [-0.1, -0.05) is 0 Å². The molecule has 1 saturated carbocycles. The maximum absolute atomic E-state index is 11.5. The molecule has 0 aliphatic heterocycles. The van der Waals surface area contributed by atoms with Gasteiger partial charge >= 0.3 is 0 Å². The smallest absolute Gasteiger partial charge is 0.225 e. The number of carbonyl (C=O) groups is 1. The third-order valence-corrected chi connectivity index (χ3v) is 2.91. The Balaban J connectivity index is 1.99. The average molecular weight is 269 g/mol. The fourth-order valence-corrected chi connectivity index (χ4v) is 1.88. The van der Waals surface area contributed by atoms with Crippen LogP contribution in [-0.2, 0) is 4.79 Å². The molecule has 0 unspecified atom stereocenters. The first-order chi connectivity index (χ1) is 7.15. The number of nitrogens with zero attached hydrogens (tertiary/aromatic N) is 1. The number of nitrogens with one attached hydrogen (secondary N) is 1. The highest BCUT2D eigenvalue weighted by atomic mass is 79.9. The topological polar surface area (TPSA) is 42.0 Å². The number of aryl methyl sites for hydroxylation is 1. The Kier molecular flexibility index (Phi) is 3.05. The van der Waals surface area contributed by atoms with E-state index in [4.69, 9.17) is 0 Å². The molecule has 3 nitrogen and oxygen atoms in total. The fourth-order valence-electron chi connectivity index (χ4n) is 1.44. The van der Waals surface area contributed by atoms with Crippen LogP contribution < -0.4 is 5.32 Å². The van der Waals surface area contributed by atoms with Crippen LogP contribution in [0.5, 0.6) is 0 Å². The first-order valence-electron chi connectivity index (χ1n) is 5.07. The van der Waals surface area contributed by atoms with Crippen LogP contribution in [0.2, 0.25) is 0 Å². The lowest BCUT2D eigenvalue weighted by Gasteiger charge is -2.06. The summed E-state index contributed by atoms with van der Waals surface area (Å²) in [5.41, 5.74) is 0.980. The number of amides is 1. The Morgan fingerprint density at radius 2 is 2.40 bits per heavy atom. The van der Waals surface area contributed by atoms with Crippen molar-refractivity contribution in [2.24, 2.45) is 5.92 Å². The second kappa shape index (κ2) is 4.31. The van der Waals surface area contributed by atoms with Crippen LogP contribution in [0.25, 0.3) is 0 Å². The van der Waals surface area contributed by atoms with Gasteiger partial charge in [0.1, 0.15) is 5.82 Å². The monoisotopic (exact) mass is 268 g/mol. The van der Waals surface area contributed by atoms with E-state index in [0.29, 0.717) is 18.2 Å². The highest BCUT2D eigenvalue weighted by Crippen LogP contribution is 2.32. The zero-order chi connectivity index (χ0) is 10.8. The molecule has 0 spiro atoms. The summed E-state index contributed by atoms with van der Waals surface area (Å²) in [5, 5.41) is 2.84. The van der Waals surface area contributed by atoms with E-state index in [1.165, 1.54) is 12.8 Å². The van der Waals surface area contributed by atoms with Crippen molar-refractivity contribution < 1.29 is 4.79 Å².